The highest BCUT2D eigenvalue weighted by Crippen LogP contribution is 1.93. The lowest BCUT2D eigenvalue weighted by molar-refractivity contribution is -0.117. The van der Waals surface area contributed by atoms with Crippen LogP contribution in [0, 0.1) is 0 Å². The smallest absolute Gasteiger partial charge is 0.246 e. The molecule has 3 heteroatoms. The van der Waals surface area contributed by atoms with Crippen LogP contribution in [0.15, 0.2) is 12.2 Å². The second kappa shape index (κ2) is 6.85. The lowest BCUT2D eigenvalue weighted by atomic mass is 10.2. The SMILES string of the molecule is C=C(C)C(=O)NCCCCCO. The third-order valence-corrected chi connectivity index (χ3v) is 1.51. The molecule has 0 spiro atoms. The Morgan fingerprint density at radius 2 is 2.08 bits per heavy atom. The van der Waals surface area contributed by atoms with E-state index < -0.39 is 0 Å². The monoisotopic (exact) mass is 171 g/mol. The first-order valence-corrected chi connectivity index (χ1v) is 4.23. The summed E-state index contributed by atoms with van der Waals surface area (Å²) in [4.78, 5) is 10.9. The minimum absolute atomic E-state index is 0.0843. The first-order chi connectivity index (χ1) is 5.68. The van der Waals surface area contributed by atoms with Gasteiger partial charge in [0.1, 0.15) is 0 Å². The molecular weight excluding hydrogens is 154 g/mol. The molecule has 0 fully saturated rings. The van der Waals surface area contributed by atoms with Gasteiger partial charge in [-0.25, -0.2) is 0 Å². The van der Waals surface area contributed by atoms with E-state index in [0.717, 1.165) is 19.3 Å². The molecule has 70 valence electrons. The number of amides is 1. The lowest BCUT2D eigenvalue weighted by Gasteiger charge is -2.03. The van der Waals surface area contributed by atoms with Crippen molar-refractivity contribution in [2.24, 2.45) is 0 Å². The molecule has 0 rings (SSSR count). The van der Waals surface area contributed by atoms with Gasteiger partial charge < -0.3 is 10.4 Å². The van der Waals surface area contributed by atoms with E-state index in [1.807, 2.05) is 0 Å². The first kappa shape index (κ1) is 11.2. The molecule has 0 unspecified atom stereocenters. The van der Waals surface area contributed by atoms with Gasteiger partial charge in [-0.15, -0.1) is 0 Å². The Balaban J connectivity index is 3.20. The Labute approximate surface area is 73.5 Å². The molecule has 0 aliphatic rings. The van der Waals surface area contributed by atoms with Crippen molar-refractivity contribution < 1.29 is 9.90 Å². The number of unbranched alkanes of at least 4 members (excludes halogenated alkanes) is 2. The van der Waals surface area contributed by atoms with E-state index in [0.29, 0.717) is 12.1 Å². The summed E-state index contributed by atoms with van der Waals surface area (Å²) in [6.45, 7) is 6.10. The predicted octanol–water partition coefficient (Wildman–Crippen LogP) is 0.841. The minimum Gasteiger partial charge on any atom is -0.396 e. The Bertz CT molecular complexity index is 155. The Morgan fingerprint density at radius 1 is 1.42 bits per heavy atom. The van der Waals surface area contributed by atoms with Crippen molar-refractivity contribution in [1.82, 2.24) is 5.32 Å². The van der Waals surface area contributed by atoms with Gasteiger partial charge in [-0.3, -0.25) is 4.79 Å². The molecule has 0 aromatic rings. The summed E-state index contributed by atoms with van der Waals surface area (Å²) in [5.74, 6) is -0.0843. The molecule has 0 aliphatic heterocycles. The average Bonchev–Trinajstić information content (AvgIpc) is 2.03. The largest absolute Gasteiger partial charge is 0.396 e. The molecule has 0 aliphatic carbocycles. The molecular formula is C9H17NO2. The number of carbonyl (C=O) groups excluding carboxylic acids is 1. The third-order valence-electron chi connectivity index (χ3n) is 1.51. The molecule has 12 heavy (non-hydrogen) atoms. The summed E-state index contributed by atoms with van der Waals surface area (Å²) in [5, 5.41) is 11.2. The molecule has 0 bridgehead atoms. The van der Waals surface area contributed by atoms with E-state index in [-0.39, 0.29) is 12.5 Å². The zero-order valence-electron chi connectivity index (χ0n) is 7.60. The minimum atomic E-state index is -0.0843. The number of hydrogen-bond donors (Lipinski definition) is 2. The van der Waals surface area contributed by atoms with Crippen LogP contribution in [0.5, 0.6) is 0 Å². The van der Waals surface area contributed by atoms with Crippen molar-refractivity contribution in [3.63, 3.8) is 0 Å². The van der Waals surface area contributed by atoms with Gasteiger partial charge in [0, 0.05) is 18.7 Å². The van der Waals surface area contributed by atoms with Gasteiger partial charge in [-0.2, -0.15) is 0 Å². The summed E-state index contributed by atoms with van der Waals surface area (Å²) < 4.78 is 0. The summed E-state index contributed by atoms with van der Waals surface area (Å²) in [6.07, 6.45) is 2.68. The van der Waals surface area contributed by atoms with Gasteiger partial charge in [-0.05, 0) is 26.2 Å². The van der Waals surface area contributed by atoms with E-state index in [1.54, 1.807) is 6.92 Å². The summed E-state index contributed by atoms with van der Waals surface area (Å²) in [5.41, 5.74) is 0.539. The fourth-order valence-electron chi connectivity index (χ4n) is 0.766. The van der Waals surface area contributed by atoms with E-state index in [4.69, 9.17) is 5.11 Å². The number of rotatable bonds is 6. The zero-order valence-corrected chi connectivity index (χ0v) is 7.60. The van der Waals surface area contributed by atoms with Crippen LogP contribution in [-0.4, -0.2) is 24.2 Å². The Hall–Kier alpha value is -0.830. The first-order valence-electron chi connectivity index (χ1n) is 4.23. The fraction of sp³-hybridized carbons (Fsp3) is 0.667. The molecule has 0 aromatic carbocycles. The third kappa shape index (κ3) is 5.92. The maximum atomic E-state index is 10.9. The molecule has 0 atom stereocenters. The molecule has 0 saturated heterocycles. The molecule has 0 aromatic heterocycles. The van der Waals surface area contributed by atoms with Crippen LogP contribution >= 0.6 is 0 Å². The Morgan fingerprint density at radius 3 is 2.58 bits per heavy atom. The second-order valence-corrected chi connectivity index (χ2v) is 2.82. The van der Waals surface area contributed by atoms with Crippen molar-refractivity contribution in [2.45, 2.75) is 26.2 Å². The maximum Gasteiger partial charge on any atom is 0.246 e. The average molecular weight is 171 g/mol. The summed E-state index contributed by atoms with van der Waals surface area (Å²) in [7, 11) is 0. The van der Waals surface area contributed by atoms with Crippen LogP contribution in [-0.2, 0) is 4.79 Å². The number of aliphatic hydroxyl groups excluding tert-OH is 1. The molecule has 0 radical (unpaired) electrons. The predicted molar refractivity (Wildman–Crippen MR) is 48.8 cm³/mol. The van der Waals surface area contributed by atoms with Crippen LogP contribution in [0.25, 0.3) is 0 Å². The molecule has 0 heterocycles. The van der Waals surface area contributed by atoms with Gasteiger partial charge >= 0.3 is 0 Å². The summed E-state index contributed by atoms with van der Waals surface area (Å²) >= 11 is 0. The topological polar surface area (TPSA) is 49.3 Å². The van der Waals surface area contributed by atoms with E-state index >= 15 is 0 Å². The highest BCUT2D eigenvalue weighted by Gasteiger charge is 1.98. The number of aliphatic hydroxyl groups is 1. The van der Waals surface area contributed by atoms with Gasteiger partial charge in [0.25, 0.3) is 0 Å². The molecule has 1 amide bonds. The number of nitrogens with one attached hydrogen (secondary N) is 1. The maximum absolute atomic E-state index is 10.9. The van der Waals surface area contributed by atoms with Gasteiger partial charge in [0.2, 0.25) is 5.91 Å². The second-order valence-electron chi connectivity index (χ2n) is 2.82. The van der Waals surface area contributed by atoms with Crippen molar-refractivity contribution in [1.29, 1.82) is 0 Å². The normalized spacial score (nSPS) is 9.50. The lowest BCUT2D eigenvalue weighted by Crippen LogP contribution is -2.24. The van der Waals surface area contributed by atoms with E-state index in [2.05, 4.69) is 11.9 Å². The fourth-order valence-corrected chi connectivity index (χ4v) is 0.766. The van der Waals surface area contributed by atoms with E-state index in [9.17, 15) is 4.79 Å². The molecule has 0 saturated carbocycles. The van der Waals surface area contributed by atoms with Crippen LogP contribution < -0.4 is 5.32 Å². The van der Waals surface area contributed by atoms with Gasteiger partial charge in [-0.1, -0.05) is 6.58 Å². The Kier molecular flexibility index (Phi) is 6.38. The highest BCUT2D eigenvalue weighted by molar-refractivity contribution is 5.91. The van der Waals surface area contributed by atoms with Crippen molar-refractivity contribution >= 4 is 5.91 Å². The molecule has 2 N–H and O–H groups in total. The van der Waals surface area contributed by atoms with Gasteiger partial charge in [0.15, 0.2) is 0 Å². The van der Waals surface area contributed by atoms with Crippen LogP contribution in [0.2, 0.25) is 0 Å². The quantitative estimate of drug-likeness (QED) is 0.459. The number of hydrogen-bond acceptors (Lipinski definition) is 2. The van der Waals surface area contributed by atoms with Crippen molar-refractivity contribution in [2.75, 3.05) is 13.2 Å². The van der Waals surface area contributed by atoms with Crippen LogP contribution in [0.4, 0.5) is 0 Å². The van der Waals surface area contributed by atoms with Crippen molar-refractivity contribution in [3.05, 3.63) is 12.2 Å². The van der Waals surface area contributed by atoms with Crippen LogP contribution in [0.1, 0.15) is 26.2 Å². The standard InChI is InChI=1S/C9H17NO2/c1-8(2)9(12)10-6-4-3-5-7-11/h11H,1,3-7H2,2H3,(H,10,12). The zero-order chi connectivity index (χ0) is 9.40. The van der Waals surface area contributed by atoms with E-state index in [1.165, 1.54) is 0 Å². The summed E-state index contributed by atoms with van der Waals surface area (Å²) in [6, 6.07) is 0. The van der Waals surface area contributed by atoms with Crippen molar-refractivity contribution in [3.8, 4) is 0 Å². The highest BCUT2D eigenvalue weighted by atomic mass is 16.2. The number of carbonyl (C=O) groups is 1. The van der Waals surface area contributed by atoms with Gasteiger partial charge in [0.05, 0.1) is 0 Å². The molecule has 3 nitrogen and oxygen atoms in total. The van der Waals surface area contributed by atoms with Crippen LogP contribution in [0.3, 0.4) is 0 Å².